The number of ether oxygens (including phenoxy) is 2. The molecule has 0 aromatic heterocycles. The maximum Gasteiger partial charge on any atom is 0.312 e. The Labute approximate surface area is 89.4 Å². The number of hydrogen-bond acceptors (Lipinski definition) is 4. The lowest BCUT2D eigenvalue weighted by Gasteiger charge is -2.13. The van der Waals surface area contributed by atoms with Crippen LogP contribution in [0.3, 0.4) is 0 Å². The van der Waals surface area contributed by atoms with Gasteiger partial charge in [0.2, 0.25) is 0 Å². The van der Waals surface area contributed by atoms with Gasteiger partial charge in [-0.15, -0.1) is 0 Å². The molecule has 0 aromatic carbocycles. The lowest BCUT2D eigenvalue weighted by molar-refractivity contribution is -0.150. The summed E-state index contributed by atoms with van der Waals surface area (Å²) in [7, 11) is 0. The molecule has 15 heavy (non-hydrogen) atoms. The summed E-state index contributed by atoms with van der Waals surface area (Å²) in [5, 5.41) is 0. The van der Waals surface area contributed by atoms with Crippen LogP contribution in [0.2, 0.25) is 0 Å². The highest BCUT2D eigenvalue weighted by molar-refractivity contribution is 5.75. The van der Waals surface area contributed by atoms with Crippen molar-refractivity contribution < 1.29 is 14.3 Å². The van der Waals surface area contributed by atoms with Crippen LogP contribution in [0.4, 0.5) is 0 Å². The Kier molecular flexibility index (Phi) is 3.38. The van der Waals surface area contributed by atoms with Crippen molar-refractivity contribution in [3.63, 3.8) is 0 Å². The predicted molar refractivity (Wildman–Crippen MR) is 55.2 cm³/mol. The van der Waals surface area contributed by atoms with Crippen molar-refractivity contribution in [2.75, 3.05) is 13.2 Å². The first-order valence-electron chi connectivity index (χ1n) is 5.48. The van der Waals surface area contributed by atoms with Gasteiger partial charge >= 0.3 is 5.97 Å². The van der Waals surface area contributed by atoms with Crippen LogP contribution in [0.15, 0.2) is 12.2 Å². The van der Waals surface area contributed by atoms with E-state index in [1.54, 1.807) is 0 Å². The molecule has 1 aliphatic carbocycles. The van der Waals surface area contributed by atoms with Gasteiger partial charge in [0.1, 0.15) is 6.61 Å². The van der Waals surface area contributed by atoms with E-state index < -0.39 is 0 Å². The van der Waals surface area contributed by atoms with Crippen molar-refractivity contribution >= 4 is 5.97 Å². The summed E-state index contributed by atoms with van der Waals surface area (Å²) in [6, 6.07) is 0.00489. The third kappa shape index (κ3) is 2.79. The monoisotopic (exact) mass is 211 g/mol. The second-order valence-electron chi connectivity index (χ2n) is 4.16. The van der Waals surface area contributed by atoms with E-state index in [4.69, 9.17) is 15.2 Å². The van der Waals surface area contributed by atoms with Crippen LogP contribution in [0.1, 0.15) is 19.3 Å². The second kappa shape index (κ2) is 4.77. The zero-order chi connectivity index (χ0) is 10.7. The molecule has 84 valence electrons. The van der Waals surface area contributed by atoms with Gasteiger partial charge in [-0.3, -0.25) is 4.79 Å². The number of carbonyl (C=O) groups is 1. The first-order valence-corrected chi connectivity index (χ1v) is 5.48. The molecule has 3 atom stereocenters. The van der Waals surface area contributed by atoms with Gasteiger partial charge in [0.05, 0.1) is 12.0 Å². The van der Waals surface area contributed by atoms with Gasteiger partial charge in [-0.05, 0) is 19.3 Å². The Bertz CT molecular complexity index is 259. The van der Waals surface area contributed by atoms with E-state index in [0.717, 1.165) is 19.4 Å². The summed E-state index contributed by atoms with van der Waals surface area (Å²) in [5.41, 5.74) is 5.66. The number of carbonyl (C=O) groups excluding carboxylic acids is 1. The fraction of sp³-hybridized carbons (Fsp3) is 0.727. The minimum absolute atomic E-state index is 0.00489. The number of nitrogens with two attached hydrogens (primary N) is 1. The SMILES string of the molecule is NC1C=CC(C(=O)OCC2CCCO2)C1. The minimum Gasteiger partial charge on any atom is -0.462 e. The lowest BCUT2D eigenvalue weighted by Crippen LogP contribution is -2.24. The molecule has 2 aliphatic rings. The van der Waals surface area contributed by atoms with Gasteiger partial charge in [-0.2, -0.15) is 0 Å². The number of esters is 1. The van der Waals surface area contributed by atoms with E-state index in [0.29, 0.717) is 13.0 Å². The van der Waals surface area contributed by atoms with Crippen LogP contribution in [0.5, 0.6) is 0 Å². The van der Waals surface area contributed by atoms with Crippen molar-refractivity contribution in [3.05, 3.63) is 12.2 Å². The molecule has 1 heterocycles. The highest BCUT2D eigenvalue weighted by atomic mass is 16.6. The molecule has 2 rings (SSSR count). The molecule has 0 aromatic rings. The van der Waals surface area contributed by atoms with Gasteiger partial charge in [0.25, 0.3) is 0 Å². The van der Waals surface area contributed by atoms with E-state index in [1.807, 2.05) is 12.2 Å². The molecule has 1 aliphatic heterocycles. The summed E-state index contributed by atoms with van der Waals surface area (Å²) in [6.07, 6.45) is 6.53. The van der Waals surface area contributed by atoms with Crippen molar-refractivity contribution in [3.8, 4) is 0 Å². The molecular formula is C11H17NO3. The highest BCUT2D eigenvalue weighted by Gasteiger charge is 2.25. The molecule has 0 saturated carbocycles. The predicted octanol–water partition coefficient (Wildman–Crippen LogP) is 0.612. The minimum atomic E-state index is -0.172. The summed E-state index contributed by atoms with van der Waals surface area (Å²) < 4.78 is 10.6. The van der Waals surface area contributed by atoms with E-state index >= 15 is 0 Å². The summed E-state index contributed by atoms with van der Waals surface area (Å²) >= 11 is 0. The molecule has 2 N–H and O–H groups in total. The maximum absolute atomic E-state index is 11.6. The molecule has 3 unspecified atom stereocenters. The quantitative estimate of drug-likeness (QED) is 0.549. The summed E-state index contributed by atoms with van der Waals surface area (Å²) in [4.78, 5) is 11.6. The molecular weight excluding hydrogens is 194 g/mol. The summed E-state index contributed by atoms with van der Waals surface area (Å²) in [5.74, 6) is -0.323. The van der Waals surface area contributed by atoms with E-state index in [2.05, 4.69) is 0 Å². The molecule has 0 amide bonds. The molecule has 4 nitrogen and oxygen atoms in total. The highest BCUT2D eigenvalue weighted by Crippen LogP contribution is 2.19. The number of hydrogen-bond donors (Lipinski definition) is 1. The third-order valence-electron chi connectivity index (χ3n) is 2.85. The molecule has 4 heteroatoms. The van der Waals surface area contributed by atoms with Gasteiger partial charge in [-0.25, -0.2) is 0 Å². The van der Waals surface area contributed by atoms with Gasteiger partial charge < -0.3 is 15.2 Å². The van der Waals surface area contributed by atoms with E-state index in [9.17, 15) is 4.79 Å². The summed E-state index contributed by atoms with van der Waals surface area (Å²) in [6.45, 7) is 1.18. The normalized spacial score (nSPS) is 34.6. The van der Waals surface area contributed by atoms with Gasteiger partial charge in [0, 0.05) is 12.6 Å². The molecule has 0 radical (unpaired) electrons. The van der Waals surface area contributed by atoms with Crippen molar-refractivity contribution in [1.29, 1.82) is 0 Å². The zero-order valence-electron chi connectivity index (χ0n) is 8.72. The average molecular weight is 211 g/mol. The van der Waals surface area contributed by atoms with Crippen molar-refractivity contribution in [2.24, 2.45) is 11.7 Å². The van der Waals surface area contributed by atoms with Crippen LogP contribution in [-0.2, 0) is 14.3 Å². The Hall–Kier alpha value is -0.870. The first kappa shape index (κ1) is 10.6. The van der Waals surface area contributed by atoms with E-state index in [1.165, 1.54) is 0 Å². The Morgan fingerprint density at radius 3 is 3.00 bits per heavy atom. The molecule has 1 saturated heterocycles. The van der Waals surface area contributed by atoms with Gasteiger partial charge in [0.15, 0.2) is 0 Å². The largest absolute Gasteiger partial charge is 0.462 e. The van der Waals surface area contributed by atoms with Gasteiger partial charge in [-0.1, -0.05) is 12.2 Å². The average Bonchev–Trinajstić information content (AvgIpc) is 2.84. The van der Waals surface area contributed by atoms with Crippen LogP contribution in [-0.4, -0.2) is 31.3 Å². The standard InChI is InChI=1S/C11H17NO3/c12-9-4-3-8(6-9)11(13)15-7-10-2-1-5-14-10/h3-4,8-10H,1-2,5-7,12H2. The fourth-order valence-corrected chi connectivity index (χ4v) is 1.96. The number of rotatable bonds is 3. The second-order valence-corrected chi connectivity index (χ2v) is 4.16. The van der Waals surface area contributed by atoms with Crippen LogP contribution >= 0.6 is 0 Å². The Morgan fingerprint density at radius 2 is 2.40 bits per heavy atom. The van der Waals surface area contributed by atoms with E-state index in [-0.39, 0.29) is 24.0 Å². The fourth-order valence-electron chi connectivity index (χ4n) is 1.96. The van der Waals surface area contributed by atoms with Crippen molar-refractivity contribution in [1.82, 2.24) is 0 Å². The Morgan fingerprint density at radius 1 is 1.53 bits per heavy atom. The van der Waals surface area contributed by atoms with Crippen LogP contribution < -0.4 is 5.73 Å². The molecule has 1 fully saturated rings. The zero-order valence-corrected chi connectivity index (χ0v) is 8.72. The maximum atomic E-state index is 11.6. The third-order valence-corrected chi connectivity index (χ3v) is 2.85. The Balaban J connectivity index is 1.70. The molecule has 0 bridgehead atoms. The first-order chi connectivity index (χ1) is 7.25. The smallest absolute Gasteiger partial charge is 0.312 e. The van der Waals surface area contributed by atoms with Crippen LogP contribution in [0, 0.1) is 5.92 Å². The topological polar surface area (TPSA) is 61.6 Å². The van der Waals surface area contributed by atoms with Crippen LogP contribution in [0.25, 0.3) is 0 Å². The van der Waals surface area contributed by atoms with Crippen molar-refractivity contribution in [2.45, 2.75) is 31.4 Å². The lowest BCUT2D eigenvalue weighted by atomic mass is 10.1. The molecule has 0 spiro atoms.